The van der Waals surface area contributed by atoms with E-state index < -0.39 is 0 Å². The monoisotopic (exact) mass is 239 g/mol. The maximum atomic E-state index is 5.92. The fourth-order valence-corrected chi connectivity index (χ4v) is 2.33. The smallest absolute Gasteiger partial charge is 0.0603 e. The van der Waals surface area contributed by atoms with Crippen LogP contribution in [0.4, 0.5) is 0 Å². The zero-order valence-corrected chi connectivity index (χ0v) is 10.8. The molecule has 0 saturated carbocycles. The highest BCUT2D eigenvalue weighted by Crippen LogP contribution is 2.41. The van der Waals surface area contributed by atoms with Gasteiger partial charge in [0.15, 0.2) is 0 Å². The molecular formula is C13H18ClNO. The maximum Gasteiger partial charge on any atom is 0.0603 e. The Kier molecular flexibility index (Phi) is 2.99. The summed E-state index contributed by atoms with van der Waals surface area (Å²) >= 11 is 5.92. The molecule has 0 atom stereocenters. The second kappa shape index (κ2) is 4.02. The molecule has 1 fully saturated rings. The van der Waals surface area contributed by atoms with Gasteiger partial charge in [-0.15, -0.1) is 0 Å². The SMILES string of the molecule is CNC(C)(C)C1(c2ccc(Cl)cc2)COC1. The molecule has 1 aromatic rings. The van der Waals surface area contributed by atoms with E-state index in [2.05, 4.69) is 31.3 Å². The van der Waals surface area contributed by atoms with E-state index in [9.17, 15) is 0 Å². The Morgan fingerprint density at radius 2 is 1.81 bits per heavy atom. The number of benzene rings is 1. The average molecular weight is 240 g/mol. The fraction of sp³-hybridized carbons (Fsp3) is 0.538. The first-order valence-corrected chi connectivity index (χ1v) is 5.92. The number of ether oxygens (including phenoxy) is 1. The summed E-state index contributed by atoms with van der Waals surface area (Å²) in [6.07, 6.45) is 0. The predicted octanol–water partition coefficient (Wildman–Crippen LogP) is 2.61. The standard InChI is InChI=1S/C13H18ClNO/c1-12(2,15-3)13(8-16-9-13)10-4-6-11(14)7-5-10/h4-7,15H,8-9H2,1-3H3. The molecular weight excluding hydrogens is 222 g/mol. The van der Waals surface area contributed by atoms with E-state index in [-0.39, 0.29) is 11.0 Å². The highest BCUT2D eigenvalue weighted by Gasteiger charge is 2.51. The van der Waals surface area contributed by atoms with Gasteiger partial charge in [-0.2, -0.15) is 0 Å². The third-order valence-electron chi connectivity index (χ3n) is 3.92. The summed E-state index contributed by atoms with van der Waals surface area (Å²) in [5.74, 6) is 0. The van der Waals surface area contributed by atoms with Gasteiger partial charge >= 0.3 is 0 Å². The lowest BCUT2D eigenvalue weighted by Gasteiger charge is -2.52. The van der Waals surface area contributed by atoms with Gasteiger partial charge in [-0.1, -0.05) is 23.7 Å². The summed E-state index contributed by atoms with van der Waals surface area (Å²) < 4.78 is 5.44. The van der Waals surface area contributed by atoms with Crippen molar-refractivity contribution in [2.45, 2.75) is 24.8 Å². The molecule has 1 aromatic carbocycles. The predicted molar refractivity (Wildman–Crippen MR) is 67.1 cm³/mol. The van der Waals surface area contributed by atoms with Gasteiger partial charge in [0.05, 0.1) is 18.6 Å². The molecule has 1 saturated heterocycles. The van der Waals surface area contributed by atoms with Crippen LogP contribution in [0.25, 0.3) is 0 Å². The molecule has 2 nitrogen and oxygen atoms in total. The van der Waals surface area contributed by atoms with E-state index in [1.165, 1.54) is 5.56 Å². The molecule has 0 aliphatic carbocycles. The Morgan fingerprint density at radius 3 is 2.19 bits per heavy atom. The van der Waals surface area contributed by atoms with Crippen molar-refractivity contribution in [3.05, 3.63) is 34.9 Å². The molecule has 0 unspecified atom stereocenters. The second-order valence-electron chi connectivity index (χ2n) is 4.96. The van der Waals surface area contributed by atoms with E-state index in [1.54, 1.807) is 0 Å². The lowest BCUT2D eigenvalue weighted by Crippen LogP contribution is -2.65. The molecule has 2 rings (SSSR count). The topological polar surface area (TPSA) is 21.3 Å². The van der Waals surface area contributed by atoms with Crippen molar-refractivity contribution < 1.29 is 4.74 Å². The Hall–Kier alpha value is -0.570. The minimum atomic E-state index is 0.0130. The van der Waals surface area contributed by atoms with Crippen LogP contribution >= 0.6 is 11.6 Å². The first kappa shape index (κ1) is 11.9. The second-order valence-corrected chi connectivity index (χ2v) is 5.39. The summed E-state index contributed by atoms with van der Waals surface area (Å²) in [6, 6.07) is 8.10. The minimum absolute atomic E-state index is 0.0130. The number of hydrogen-bond acceptors (Lipinski definition) is 2. The molecule has 0 spiro atoms. The maximum absolute atomic E-state index is 5.92. The normalized spacial score (nSPS) is 19.2. The number of hydrogen-bond donors (Lipinski definition) is 1. The van der Waals surface area contributed by atoms with E-state index in [1.807, 2.05) is 19.2 Å². The summed E-state index contributed by atoms with van der Waals surface area (Å²) in [5.41, 5.74) is 1.37. The molecule has 1 N–H and O–H groups in total. The number of halogens is 1. The third kappa shape index (κ3) is 1.65. The first-order valence-electron chi connectivity index (χ1n) is 5.54. The summed E-state index contributed by atoms with van der Waals surface area (Å²) in [4.78, 5) is 0. The van der Waals surface area contributed by atoms with E-state index in [0.29, 0.717) is 0 Å². The van der Waals surface area contributed by atoms with Crippen molar-refractivity contribution in [1.29, 1.82) is 0 Å². The molecule has 0 amide bonds. The van der Waals surface area contributed by atoms with E-state index >= 15 is 0 Å². The van der Waals surface area contributed by atoms with Crippen LogP contribution in [0.2, 0.25) is 5.02 Å². The number of nitrogens with one attached hydrogen (secondary N) is 1. The fourth-order valence-electron chi connectivity index (χ4n) is 2.20. The molecule has 1 aliphatic heterocycles. The Balaban J connectivity index is 2.39. The average Bonchev–Trinajstić information content (AvgIpc) is 2.19. The van der Waals surface area contributed by atoms with E-state index in [4.69, 9.17) is 16.3 Å². The largest absolute Gasteiger partial charge is 0.379 e. The molecule has 0 radical (unpaired) electrons. The molecule has 3 heteroatoms. The molecule has 1 aliphatic rings. The van der Waals surface area contributed by atoms with Crippen molar-refractivity contribution in [2.75, 3.05) is 20.3 Å². The first-order chi connectivity index (χ1) is 7.52. The van der Waals surface area contributed by atoms with Crippen LogP contribution in [0.3, 0.4) is 0 Å². The molecule has 0 bridgehead atoms. The van der Waals surface area contributed by atoms with Gasteiger partial charge in [0, 0.05) is 10.6 Å². The zero-order chi connectivity index (χ0) is 11.8. The van der Waals surface area contributed by atoms with Gasteiger partial charge in [-0.05, 0) is 38.6 Å². The van der Waals surface area contributed by atoms with Crippen molar-refractivity contribution >= 4 is 11.6 Å². The highest BCUT2D eigenvalue weighted by atomic mass is 35.5. The van der Waals surface area contributed by atoms with E-state index in [0.717, 1.165) is 18.2 Å². The Labute approximate surface area is 102 Å². The van der Waals surface area contributed by atoms with Crippen LogP contribution in [0.1, 0.15) is 19.4 Å². The van der Waals surface area contributed by atoms with Gasteiger partial charge in [-0.25, -0.2) is 0 Å². The van der Waals surface area contributed by atoms with Crippen LogP contribution in [-0.2, 0) is 10.2 Å². The number of likely N-dealkylation sites (N-methyl/N-ethyl adjacent to an activating group) is 1. The van der Waals surface area contributed by atoms with Gasteiger partial charge in [-0.3, -0.25) is 0 Å². The molecule has 88 valence electrons. The minimum Gasteiger partial charge on any atom is -0.379 e. The summed E-state index contributed by atoms with van der Waals surface area (Å²) in [6.45, 7) is 5.96. The zero-order valence-electron chi connectivity index (χ0n) is 10.0. The van der Waals surface area contributed by atoms with Crippen LogP contribution in [0.5, 0.6) is 0 Å². The van der Waals surface area contributed by atoms with Crippen LogP contribution in [0.15, 0.2) is 24.3 Å². The van der Waals surface area contributed by atoms with Gasteiger partial charge in [0.2, 0.25) is 0 Å². The number of rotatable bonds is 3. The van der Waals surface area contributed by atoms with Crippen molar-refractivity contribution in [2.24, 2.45) is 0 Å². The Bertz CT molecular complexity index is 368. The summed E-state index contributed by atoms with van der Waals surface area (Å²) in [5, 5.41) is 4.16. The molecule has 16 heavy (non-hydrogen) atoms. The van der Waals surface area contributed by atoms with Crippen molar-refractivity contribution in [1.82, 2.24) is 5.32 Å². The Morgan fingerprint density at radius 1 is 1.25 bits per heavy atom. The molecule has 0 aromatic heterocycles. The lowest BCUT2D eigenvalue weighted by molar-refractivity contribution is -0.0990. The van der Waals surface area contributed by atoms with Crippen molar-refractivity contribution in [3.63, 3.8) is 0 Å². The van der Waals surface area contributed by atoms with Crippen LogP contribution in [0, 0.1) is 0 Å². The van der Waals surface area contributed by atoms with Crippen molar-refractivity contribution in [3.8, 4) is 0 Å². The highest BCUT2D eigenvalue weighted by molar-refractivity contribution is 6.30. The van der Waals surface area contributed by atoms with Crippen LogP contribution < -0.4 is 5.32 Å². The van der Waals surface area contributed by atoms with Crippen LogP contribution in [-0.4, -0.2) is 25.8 Å². The van der Waals surface area contributed by atoms with Gasteiger partial charge in [0.25, 0.3) is 0 Å². The lowest BCUT2D eigenvalue weighted by atomic mass is 9.65. The summed E-state index contributed by atoms with van der Waals surface area (Å²) in [7, 11) is 2.00. The van der Waals surface area contributed by atoms with Gasteiger partial charge in [0.1, 0.15) is 0 Å². The van der Waals surface area contributed by atoms with Gasteiger partial charge < -0.3 is 10.1 Å². The quantitative estimate of drug-likeness (QED) is 0.876. The molecule has 1 heterocycles. The third-order valence-corrected chi connectivity index (χ3v) is 4.17.